The van der Waals surface area contributed by atoms with E-state index < -0.39 is 16.2 Å². The zero-order valence-corrected chi connectivity index (χ0v) is 24.4. The lowest BCUT2D eigenvalue weighted by atomic mass is 10.1. The Morgan fingerprint density at radius 2 is 1.35 bits per heavy atom. The fourth-order valence-corrected chi connectivity index (χ4v) is 5.28. The molecule has 3 rings (SSSR count). The average molecular weight is 614 g/mol. The summed E-state index contributed by atoms with van der Waals surface area (Å²) in [5.41, 5.74) is 2.92. The van der Waals surface area contributed by atoms with Crippen molar-refractivity contribution >= 4 is 42.0 Å². The summed E-state index contributed by atoms with van der Waals surface area (Å²) in [4.78, 5) is 0.132. The van der Waals surface area contributed by atoms with E-state index in [9.17, 15) is 8.42 Å². The maximum Gasteiger partial charge on any atom is 0.297 e. The van der Waals surface area contributed by atoms with Crippen molar-refractivity contribution in [3.8, 4) is 0 Å². The molecular weight excluding hydrogens is 580 g/mol. The van der Waals surface area contributed by atoms with Crippen molar-refractivity contribution in [2.45, 2.75) is 58.6 Å². The highest BCUT2D eigenvalue weighted by Crippen LogP contribution is 2.28. The van der Waals surface area contributed by atoms with Gasteiger partial charge in [-0.2, -0.15) is 8.42 Å². The van der Waals surface area contributed by atoms with Gasteiger partial charge >= 0.3 is 0 Å². The van der Waals surface area contributed by atoms with Gasteiger partial charge in [0.05, 0.1) is 18.1 Å². The third kappa shape index (κ3) is 10.0. The Morgan fingerprint density at radius 1 is 0.794 bits per heavy atom. The molecule has 0 aliphatic rings. The van der Waals surface area contributed by atoms with Gasteiger partial charge in [-0.15, -0.1) is 0 Å². The standard InChI is InChI=1S/C23H22Br2O4S.2C2H6/c1-17-10-12-20(13-11-17)30(26,27)29-19(14-21-22(24)8-5-9-23(21)25)16-28-15-18-6-3-2-4-7-18;2*1-2/h2-13,19H,14-16H2,1H3;2*1-2H3. The molecule has 0 heterocycles. The Labute approximate surface area is 222 Å². The molecule has 3 aromatic carbocycles. The van der Waals surface area contributed by atoms with E-state index in [0.717, 1.165) is 25.6 Å². The summed E-state index contributed by atoms with van der Waals surface area (Å²) in [5.74, 6) is 0. The number of benzene rings is 3. The van der Waals surface area contributed by atoms with Gasteiger partial charge in [0.15, 0.2) is 0 Å². The summed E-state index contributed by atoms with van der Waals surface area (Å²) in [6, 6.07) is 22.1. The van der Waals surface area contributed by atoms with E-state index >= 15 is 0 Å². The number of hydrogen-bond donors (Lipinski definition) is 0. The van der Waals surface area contributed by atoms with Crippen LogP contribution in [0, 0.1) is 6.92 Å². The summed E-state index contributed by atoms with van der Waals surface area (Å²) in [5, 5.41) is 0. The normalized spacial score (nSPS) is 11.5. The number of ether oxygens (including phenoxy) is 1. The third-order valence-electron chi connectivity index (χ3n) is 4.48. The Morgan fingerprint density at radius 3 is 1.91 bits per heavy atom. The lowest BCUT2D eigenvalue weighted by Crippen LogP contribution is -2.26. The van der Waals surface area contributed by atoms with Crippen LogP contribution in [0.5, 0.6) is 0 Å². The van der Waals surface area contributed by atoms with Gasteiger partial charge in [0.1, 0.15) is 6.10 Å². The number of rotatable bonds is 9. The molecule has 0 aromatic heterocycles. The molecule has 7 heteroatoms. The van der Waals surface area contributed by atoms with Crippen molar-refractivity contribution in [2.24, 2.45) is 0 Å². The summed E-state index contributed by atoms with van der Waals surface area (Å²) in [7, 11) is -3.93. The van der Waals surface area contributed by atoms with E-state index in [-0.39, 0.29) is 11.5 Å². The van der Waals surface area contributed by atoms with Crippen LogP contribution in [0.15, 0.2) is 86.6 Å². The van der Waals surface area contributed by atoms with E-state index in [4.69, 9.17) is 8.92 Å². The Balaban J connectivity index is 0.00000137. The quantitative estimate of drug-likeness (QED) is 0.229. The highest BCUT2D eigenvalue weighted by Gasteiger charge is 2.24. The van der Waals surface area contributed by atoms with Gasteiger partial charge in [0.25, 0.3) is 10.1 Å². The predicted octanol–water partition coefficient (Wildman–Crippen LogP) is 8.11. The zero-order chi connectivity index (χ0) is 25.6. The van der Waals surface area contributed by atoms with Crippen LogP contribution in [-0.4, -0.2) is 21.1 Å². The molecule has 3 aromatic rings. The molecule has 34 heavy (non-hydrogen) atoms. The van der Waals surface area contributed by atoms with Gasteiger partial charge in [0, 0.05) is 15.4 Å². The summed E-state index contributed by atoms with van der Waals surface area (Å²) in [6.07, 6.45) is -0.322. The molecule has 4 nitrogen and oxygen atoms in total. The van der Waals surface area contributed by atoms with E-state index in [1.807, 2.05) is 83.1 Å². The van der Waals surface area contributed by atoms with Crippen LogP contribution in [0.25, 0.3) is 0 Å². The lowest BCUT2D eigenvalue weighted by Gasteiger charge is -2.19. The van der Waals surface area contributed by atoms with Crippen molar-refractivity contribution < 1.29 is 17.3 Å². The molecule has 1 unspecified atom stereocenters. The maximum absolute atomic E-state index is 12.8. The average Bonchev–Trinajstić information content (AvgIpc) is 2.85. The number of halogens is 2. The molecule has 0 radical (unpaired) electrons. The van der Waals surface area contributed by atoms with Gasteiger partial charge in [-0.3, -0.25) is 4.18 Å². The molecule has 0 aliphatic carbocycles. The molecule has 0 saturated carbocycles. The van der Waals surface area contributed by atoms with Gasteiger partial charge in [-0.05, 0) is 42.3 Å². The van der Waals surface area contributed by atoms with Gasteiger partial charge in [-0.25, -0.2) is 0 Å². The highest BCUT2D eigenvalue weighted by molar-refractivity contribution is 9.11. The first-order chi connectivity index (χ1) is 16.3. The smallest absolute Gasteiger partial charge is 0.297 e. The van der Waals surface area contributed by atoms with Gasteiger partial charge in [-0.1, -0.05) is 114 Å². The molecule has 0 saturated heterocycles. The van der Waals surface area contributed by atoms with E-state index in [1.54, 1.807) is 24.3 Å². The van der Waals surface area contributed by atoms with Crippen molar-refractivity contribution in [1.29, 1.82) is 0 Å². The second-order valence-corrected chi connectivity index (χ2v) is 10.2. The second kappa shape index (κ2) is 16.2. The van der Waals surface area contributed by atoms with Gasteiger partial charge in [0.2, 0.25) is 0 Å². The minimum Gasteiger partial charge on any atom is -0.374 e. The largest absolute Gasteiger partial charge is 0.374 e. The number of aryl methyl sites for hydroxylation is 1. The summed E-state index contributed by atoms with van der Waals surface area (Å²) in [6.45, 7) is 10.4. The zero-order valence-electron chi connectivity index (χ0n) is 20.4. The minimum absolute atomic E-state index is 0.132. The first-order valence-electron chi connectivity index (χ1n) is 11.4. The SMILES string of the molecule is CC.CC.Cc1ccc(S(=O)(=O)OC(COCc2ccccc2)Cc2c(Br)cccc2Br)cc1. The second-order valence-electron chi connectivity index (χ2n) is 6.89. The lowest BCUT2D eigenvalue weighted by molar-refractivity contribution is 0.0441. The summed E-state index contributed by atoms with van der Waals surface area (Å²) < 4.78 is 38.9. The topological polar surface area (TPSA) is 52.6 Å². The van der Waals surface area contributed by atoms with Crippen LogP contribution in [0.2, 0.25) is 0 Å². The fourth-order valence-electron chi connectivity index (χ4n) is 2.90. The maximum atomic E-state index is 12.8. The van der Waals surface area contributed by atoms with Crippen molar-refractivity contribution in [3.63, 3.8) is 0 Å². The Kier molecular flexibility index (Phi) is 14.6. The molecule has 0 N–H and O–H groups in total. The fraction of sp³-hybridized carbons (Fsp3) is 0.333. The van der Waals surface area contributed by atoms with Crippen LogP contribution in [0.4, 0.5) is 0 Å². The molecular formula is C27H34Br2O4S. The van der Waals surface area contributed by atoms with Crippen LogP contribution >= 0.6 is 31.9 Å². The van der Waals surface area contributed by atoms with E-state index in [2.05, 4.69) is 31.9 Å². The highest BCUT2D eigenvalue weighted by atomic mass is 79.9. The Hall–Kier alpha value is -1.51. The van der Waals surface area contributed by atoms with Gasteiger partial charge < -0.3 is 4.74 Å². The molecule has 0 fully saturated rings. The molecule has 0 bridgehead atoms. The molecule has 1 atom stereocenters. The molecule has 0 amide bonds. The van der Waals surface area contributed by atoms with Crippen LogP contribution in [0.3, 0.4) is 0 Å². The van der Waals surface area contributed by atoms with Crippen LogP contribution < -0.4 is 0 Å². The predicted molar refractivity (Wildman–Crippen MR) is 148 cm³/mol. The Bertz CT molecular complexity index is 1050. The van der Waals surface area contributed by atoms with E-state index in [0.29, 0.717) is 13.0 Å². The molecule has 0 spiro atoms. The van der Waals surface area contributed by atoms with Crippen molar-refractivity contribution in [2.75, 3.05) is 6.61 Å². The monoisotopic (exact) mass is 612 g/mol. The van der Waals surface area contributed by atoms with Crippen LogP contribution in [0.1, 0.15) is 44.4 Å². The first-order valence-corrected chi connectivity index (χ1v) is 14.4. The summed E-state index contributed by atoms with van der Waals surface area (Å²) >= 11 is 7.07. The van der Waals surface area contributed by atoms with Crippen molar-refractivity contribution in [3.05, 3.63) is 98.4 Å². The number of hydrogen-bond acceptors (Lipinski definition) is 4. The van der Waals surface area contributed by atoms with Crippen LogP contribution in [-0.2, 0) is 32.1 Å². The third-order valence-corrected chi connectivity index (χ3v) is 7.34. The van der Waals surface area contributed by atoms with E-state index in [1.165, 1.54) is 0 Å². The van der Waals surface area contributed by atoms with Crippen molar-refractivity contribution in [1.82, 2.24) is 0 Å². The minimum atomic E-state index is -3.93. The molecule has 0 aliphatic heterocycles. The molecule has 186 valence electrons. The first kappa shape index (κ1) is 30.5.